The van der Waals surface area contributed by atoms with Crippen LogP contribution in [0.1, 0.15) is 42.1 Å². The Morgan fingerprint density at radius 3 is 2.68 bits per heavy atom. The van der Waals surface area contributed by atoms with E-state index in [1.165, 1.54) is 15.9 Å². The molecule has 0 bridgehead atoms. The second-order valence-corrected chi connectivity index (χ2v) is 8.03. The van der Waals surface area contributed by atoms with E-state index in [2.05, 4.69) is 15.0 Å². The Labute approximate surface area is 159 Å². The Balaban J connectivity index is 1.85. The van der Waals surface area contributed by atoms with Crippen LogP contribution < -0.4 is 0 Å². The first kappa shape index (κ1) is 17.1. The highest BCUT2D eigenvalue weighted by molar-refractivity contribution is 7.17. The van der Waals surface area contributed by atoms with E-state index in [0.717, 1.165) is 48.6 Å². The number of thiazole rings is 1. The summed E-state index contributed by atoms with van der Waals surface area (Å²) < 4.78 is 1.53. The van der Waals surface area contributed by atoms with Crippen LogP contribution in [-0.2, 0) is 6.42 Å². The summed E-state index contributed by atoms with van der Waals surface area (Å²) in [5, 5.41) is 16.4. The summed E-state index contributed by atoms with van der Waals surface area (Å²) in [6, 6.07) is 5.42. The van der Waals surface area contributed by atoms with Gasteiger partial charge in [-0.15, -0.1) is 5.10 Å². The number of likely N-dealkylation sites (tertiary alicyclic amines) is 1. The van der Waals surface area contributed by atoms with Gasteiger partial charge in [-0.05, 0) is 43.6 Å². The maximum absolute atomic E-state index is 10.8. The van der Waals surface area contributed by atoms with Gasteiger partial charge in [0.2, 0.25) is 10.8 Å². The number of rotatable bonds is 4. The number of aryl methyl sites for hydroxylation is 1. The van der Waals surface area contributed by atoms with E-state index >= 15 is 0 Å². The summed E-state index contributed by atoms with van der Waals surface area (Å²) in [5.41, 5.74) is 0.948. The predicted molar refractivity (Wildman–Crippen MR) is 101 cm³/mol. The first-order valence-electron chi connectivity index (χ1n) is 8.34. The third kappa shape index (κ3) is 3.01. The van der Waals surface area contributed by atoms with Crippen molar-refractivity contribution in [3.05, 3.63) is 44.5 Å². The number of aromatic nitrogens is 3. The van der Waals surface area contributed by atoms with E-state index < -0.39 is 0 Å². The first-order valence-corrected chi connectivity index (χ1v) is 9.92. The molecule has 0 radical (unpaired) electrons. The molecule has 0 unspecified atom stereocenters. The topological polar surface area (TPSA) is 53.7 Å². The molecule has 1 aliphatic heterocycles. The van der Waals surface area contributed by atoms with Crippen molar-refractivity contribution in [3.63, 3.8) is 0 Å². The van der Waals surface area contributed by atoms with Gasteiger partial charge in [0.15, 0.2) is 5.82 Å². The van der Waals surface area contributed by atoms with Gasteiger partial charge >= 0.3 is 0 Å². The van der Waals surface area contributed by atoms with Crippen LogP contribution >= 0.6 is 34.5 Å². The van der Waals surface area contributed by atoms with E-state index in [4.69, 9.17) is 23.2 Å². The second-order valence-electron chi connectivity index (χ2n) is 6.18. The van der Waals surface area contributed by atoms with Gasteiger partial charge in [0.25, 0.3) is 0 Å². The molecule has 0 amide bonds. The lowest BCUT2D eigenvalue weighted by molar-refractivity contribution is 0.277. The fraction of sp³-hybridized carbons (Fsp3) is 0.412. The third-order valence-corrected chi connectivity index (χ3v) is 6.21. The van der Waals surface area contributed by atoms with Crippen LogP contribution in [0, 0.1) is 0 Å². The Kier molecular flexibility index (Phi) is 4.62. The van der Waals surface area contributed by atoms with Gasteiger partial charge < -0.3 is 5.11 Å². The molecule has 1 fully saturated rings. The Bertz CT molecular complexity index is 917. The summed E-state index contributed by atoms with van der Waals surface area (Å²) >= 11 is 14.0. The molecular weight excluding hydrogens is 379 g/mol. The highest BCUT2D eigenvalue weighted by Crippen LogP contribution is 2.43. The predicted octanol–water partition coefficient (Wildman–Crippen LogP) is 4.55. The number of hydrogen-bond donors (Lipinski definition) is 1. The van der Waals surface area contributed by atoms with Crippen LogP contribution in [0.2, 0.25) is 10.0 Å². The number of aromatic hydroxyl groups is 1. The fourth-order valence-electron chi connectivity index (χ4n) is 3.35. The maximum atomic E-state index is 10.8. The minimum Gasteiger partial charge on any atom is -0.492 e. The van der Waals surface area contributed by atoms with E-state index in [-0.39, 0.29) is 11.9 Å². The molecule has 1 aromatic carbocycles. The van der Waals surface area contributed by atoms with Crippen molar-refractivity contribution in [3.8, 4) is 5.88 Å². The summed E-state index contributed by atoms with van der Waals surface area (Å²) in [4.78, 5) is 8.37. The molecule has 4 rings (SSSR count). The van der Waals surface area contributed by atoms with Gasteiger partial charge in [0, 0.05) is 16.5 Å². The van der Waals surface area contributed by atoms with Crippen LogP contribution in [-0.4, -0.2) is 37.7 Å². The van der Waals surface area contributed by atoms with Crippen molar-refractivity contribution in [1.29, 1.82) is 0 Å². The highest BCUT2D eigenvalue weighted by atomic mass is 35.5. The van der Waals surface area contributed by atoms with Gasteiger partial charge in [-0.25, -0.2) is 4.98 Å². The standard InChI is InChI=1S/C17H18Cl2N4OS/c1-2-13-20-17-23(21-13)16(24)15(25-17)14(22-7-3-4-8-22)11-6-5-10(18)9-12(11)19/h5-6,9,14,24H,2-4,7-8H2,1H3/t14-/m0/s1. The molecule has 3 heterocycles. The number of hydrogen-bond acceptors (Lipinski definition) is 5. The van der Waals surface area contributed by atoms with Gasteiger partial charge in [0.1, 0.15) is 0 Å². The maximum Gasteiger partial charge on any atom is 0.230 e. The Morgan fingerprint density at radius 2 is 2.04 bits per heavy atom. The SMILES string of the molecule is CCc1nc2sc([C@H](c3ccc(Cl)cc3Cl)N3CCCC3)c(O)n2n1. The monoisotopic (exact) mass is 396 g/mol. The molecular formula is C17H18Cl2N4OS. The minimum atomic E-state index is -0.120. The Hall–Kier alpha value is -1.34. The molecule has 1 aliphatic rings. The number of nitrogens with zero attached hydrogens (tertiary/aromatic N) is 4. The molecule has 2 aromatic heterocycles. The van der Waals surface area contributed by atoms with Gasteiger partial charge in [0.05, 0.1) is 10.9 Å². The first-order chi connectivity index (χ1) is 12.1. The van der Waals surface area contributed by atoms with Crippen LogP contribution in [0.4, 0.5) is 0 Å². The average molecular weight is 397 g/mol. The van der Waals surface area contributed by atoms with Crippen molar-refractivity contribution < 1.29 is 5.11 Å². The molecule has 8 heteroatoms. The summed E-state index contributed by atoms with van der Waals surface area (Å²) in [6.45, 7) is 3.94. The van der Waals surface area contributed by atoms with Crippen molar-refractivity contribution in [2.45, 2.75) is 32.2 Å². The van der Waals surface area contributed by atoms with Crippen LogP contribution in [0.15, 0.2) is 18.2 Å². The lowest BCUT2D eigenvalue weighted by Gasteiger charge is -2.27. The zero-order valence-corrected chi connectivity index (χ0v) is 16.1. The van der Waals surface area contributed by atoms with Crippen molar-refractivity contribution in [2.75, 3.05) is 13.1 Å². The molecule has 1 saturated heterocycles. The highest BCUT2D eigenvalue weighted by Gasteiger charge is 2.32. The third-order valence-electron chi connectivity index (χ3n) is 4.57. The molecule has 5 nitrogen and oxygen atoms in total. The average Bonchev–Trinajstić information content (AvgIpc) is 3.29. The number of fused-ring (bicyclic) bond motifs is 1. The molecule has 0 saturated carbocycles. The molecule has 132 valence electrons. The molecule has 25 heavy (non-hydrogen) atoms. The summed E-state index contributed by atoms with van der Waals surface area (Å²) in [6.07, 6.45) is 3.02. The molecule has 0 spiro atoms. The van der Waals surface area contributed by atoms with Crippen LogP contribution in [0.5, 0.6) is 5.88 Å². The molecule has 3 aromatic rings. The van der Waals surface area contributed by atoms with Gasteiger partial charge in [-0.2, -0.15) is 4.52 Å². The van der Waals surface area contributed by atoms with Crippen molar-refractivity contribution in [2.24, 2.45) is 0 Å². The van der Waals surface area contributed by atoms with E-state index in [0.29, 0.717) is 15.0 Å². The van der Waals surface area contributed by atoms with Crippen molar-refractivity contribution in [1.82, 2.24) is 19.5 Å². The van der Waals surface area contributed by atoms with E-state index in [1.54, 1.807) is 6.07 Å². The zero-order chi connectivity index (χ0) is 17.6. The molecule has 1 atom stereocenters. The summed E-state index contributed by atoms with van der Waals surface area (Å²) in [5.74, 6) is 0.880. The number of halogens is 2. The fourth-order valence-corrected chi connectivity index (χ4v) is 4.98. The van der Waals surface area contributed by atoms with Gasteiger partial charge in [-0.1, -0.05) is 47.5 Å². The molecule has 0 aliphatic carbocycles. The largest absolute Gasteiger partial charge is 0.492 e. The van der Waals surface area contributed by atoms with Gasteiger partial charge in [-0.3, -0.25) is 4.90 Å². The van der Waals surface area contributed by atoms with E-state index in [9.17, 15) is 5.11 Å². The quantitative estimate of drug-likeness (QED) is 0.702. The van der Waals surface area contributed by atoms with Crippen LogP contribution in [0.25, 0.3) is 4.96 Å². The van der Waals surface area contributed by atoms with Crippen molar-refractivity contribution >= 4 is 39.5 Å². The number of benzene rings is 1. The minimum absolute atomic E-state index is 0.120. The smallest absolute Gasteiger partial charge is 0.230 e. The second kappa shape index (κ2) is 6.76. The normalized spacial score (nSPS) is 16.8. The summed E-state index contributed by atoms with van der Waals surface area (Å²) in [7, 11) is 0. The zero-order valence-electron chi connectivity index (χ0n) is 13.7. The lowest BCUT2D eigenvalue weighted by atomic mass is 10.0. The lowest BCUT2D eigenvalue weighted by Crippen LogP contribution is -2.26. The van der Waals surface area contributed by atoms with E-state index in [1.807, 2.05) is 19.1 Å². The van der Waals surface area contributed by atoms with Crippen LogP contribution in [0.3, 0.4) is 0 Å². The molecule has 1 N–H and O–H groups in total. The Morgan fingerprint density at radius 1 is 1.28 bits per heavy atom.